The zero-order chi connectivity index (χ0) is 12.3. The van der Waals surface area contributed by atoms with Gasteiger partial charge in [0.15, 0.2) is 5.52 Å². The number of rotatable bonds is 4. The van der Waals surface area contributed by atoms with Crippen molar-refractivity contribution >= 4 is 14.1 Å². The fourth-order valence-electron chi connectivity index (χ4n) is 1.94. The Hall–Kier alpha value is -0.680. The fourth-order valence-corrected chi connectivity index (χ4v) is 3.13. The minimum absolute atomic E-state index is 0.323. The van der Waals surface area contributed by atoms with Gasteiger partial charge in [-0.05, 0) is 52.6 Å². The van der Waals surface area contributed by atoms with E-state index < -0.39 is 0 Å². The normalized spacial score (nSPS) is 13.3. The maximum Gasteiger partial charge on any atom is 0.181 e. The van der Waals surface area contributed by atoms with Crippen molar-refractivity contribution in [2.45, 2.75) is 46.7 Å². The van der Waals surface area contributed by atoms with Crippen LogP contribution in [0.4, 0.5) is 0 Å². The molecule has 1 nitrogen and oxygen atoms in total. The van der Waals surface area contributed by atoms with Gasteiger partial charge in [-0.3, -0.25) is 4.79 Å². The molecule has 1 aromatic carbocycles. The summed E-state index contributed by atoms with van der Waals surface area (Å²) in [5, 5.41) is 0. The first-order valence-electron chi connectivity index (χ1n) is 5.84. The number of benzene rings is 1. The van der Waals surface area contributed by atoms with Gasteiger partial charge in [-0.1, -0.05) is 31.5 Å². The van der Waals surface area contributed by atoms with Crippen molar-refractivity contribution < 1.29 is 4.79 Å². The summed E-state index contributed by atoms with van der Waals surface area (Å²) in [6.45, 7) is 10.4. The minimum Gasteiger partial charge on any atom is -0.289 e. The maximum atomic E-state index is 12.2. The molecule has 0 amide bonds. The summed E-state index contributed by atoms with van der Waals surface area (Å²) in [5.74, 6) is 0. The third-order valence-corrected chi connectivity index (χ3v) is 4.31. The van der Waals surface area contributed by atoms with Crippen molar-refractivity contribution in [2.75, 3.05) is 0 Å². The average Bonchev–Trinajstić information content (AvgIpc) is 2.15. The molecule has 0 spiro atoms. The predicted octanol–water partition coefficient (Wildman–Crippen LogP) is 4.23. The molecule has 2 unspecified atom stereocenters. The lowest BCUT2D eigenvalue weighted by atomic mass is 10.0. The SMILES string of the molecule is CCC(C)PC(=O)c1c(C)cc(C)cc1C. The fraction of sp³-hybridized carbons (Fsp3) is 0.500. The van der Waals surface area contributed by atoms with Gasteiger partial charge in [0.25, 0.3) is 0 Å². The lowest BCUT2D eigenvalue weighted by Gasteiger charge is -2.12. The largest absolute Gasteiger partial charge is 0.289 e. The highest BCUT2D eigenvalue weighted by atomic mass is 31.1. The summed E-state index contributed by atoms with van der Waals surface area (Å²) in [6, 6.07) is 4.20. The Labute approximate surface area is 100 Å². The van der Waals surface area contributed by atoms with Gasteiger partial charge in [-0.2, -0.15) is 0 Å². The Morgan fingerprint density at radius 3 is 2.19 bits per heavy atom. The molecule has 2 atom stereocenters. The van der Waals surface area contributed by atoms with Crippen LogP contribution < -0.4 is 0 Å². The molecular weight excluding hydrogens is 215 g/mol. The third-order valence-electron chi connectivity index (χ3n) is 2.89. The molecule has 0 bridgehead atoms. The summed E-state index contributed by atoms with van der Waals surface area (Å²) < 4.78 is 0. The van der Waals surface area contributed by atoms with Crippen LogP contribution in [0, 0.1) is 20.8 Å². The van der Waals surface area contributed by atoms with Gasteiger partial charge in [-0.25, -0.2) is 0 Å². The van der Waals surface area contributed by atoms with Crippen LogP contribution in [0.2, 0.25) is 0 Å². The van der Waals surface area contributed by atoms with Crippen LogP contribution in [0.1, 0.15) is 47.3 Å². The summed E-state index contributed by atoms with van der Waals surface area (Å²) in [4.78, 5) is 12.2. The number of carbonyl (C=O) groups is 1. The van der Waals surface area contributed by atoms with Gasteiger partial charge in [0.2, 0.25) is 0 Å². The quantitative estimate of drug-likeness (QED) is 0.715. The molecule has 0 fully saturated rings. The second kappa shape index (κ2) is 5.59. The molecule has 0 saturated carbocycles. The second-order valence-corrected chi connectivity index (χ2v) is 6.28. The van der Waals surface area contributed by atoms with Gasteiger partial charge in [0.05, 0.1) is 0 Å². The van der Waals surface area contributed by atoms with E-state index in [-0.39, 0.29) is 0 Å². The zero-order valence-electron chi connectivity index (χ0n) is 10.8. The lowest BCUT2D eigenvalue weighted by Crippen LogP contribution is -2.04. The second-order valence-electron chi connectivity index (χ2n) is 4.56. The van der Waals surface area contributed by atoms with Gasteiger partial charge < -0.3 is 0 Å². The van der Waals surface area contributed by atoms with E-state index in [1.807, 2.05) is 13.8 Å². The Balaban J connectivity index is 3.00. The first-order valence-corrected chi connectivity index (χ1v) is 6.92. The van der Waals surface area contributed by atoms with Crippen LogP contribution in [0.15, 0.2) is 12.1 Å². The smallest absolute Gasteiger partial charge is 0.181 e. The summed E-state index contributed by atoms with van der Waals surface area (Å²) in [7, 11) is 0.408. The number of hydrogen-bond donors (Lipinski definition) is 0. The van der Waals surface area contributed by atoms with Crippen LogP contribution in [0.25, 0.3) is 0 Å². The number of aryl methyl sites for hydroxylation is 3. The third kappa shape index (κ3) is 3.15. The van der Waals surface area contributed by atoms with Gasteiger partial charge >= 0.3 is 0 Å². The van der Waals surface area contributed by atoms with Crippen LogP contribution in [0.5, 0.6) is 0 Å². The maximum absolute atomic E-state index is 12.2. The van der Waals surface area contributed by atoms with Gasteiger partial charge in [-0.15, -0.1) is 0 Å². The predicted molar refractivity (Wildman–Crippen MR) is 73.1 cm³/mol. The van der Waals surface area contributed by atoms with Crippen molar-refractivity contribution in [3.05, 3.63) is 34.4 Å². The molecule has 16 heavy (non-hydrogen) atoms. The molecule has 0 aliphatic rings. The van der Waals surface area contributed by atoms with E-state index in [0.717, 1.165) is 23.1 Å². The molecule has 1 rings (SSSR count). The Morgan fingerprint density at radius 2 is 1.75 bits per heavy atom. The van der Waals surface area contributed by atoms with Crippen LogP contribution in [-0.2, 0) is 0 Å². The van der Waals surface area contributed by atoms with Crippen molar-refractivity contribution in [3.8, 4) is 0 Å². The standard InChI is InChI=1S/C14H21OP/c1-6-12(5)16-14(15)13-10(3)7-9(2)8-11(13)4/h7-8,12,16H,6H2,1-5H3. The summed E-state index contributed by atoms with van der Waals surface area (Å²) in [5.41, 5.74) is 5.26. The van der Waals surface area contributed by atoms with E-state index in [2.05, 4.69) is 32.9 Å². The molecular formula is C14H21OP. The molecule has 0 saturated heterocycles. The topological polar surface area (TPSA) is 17.1 Å². The Kier molecular flexibility index (Phi) is 4.68. The van der Waals surface area contributed by atoms with Gasteiger partial charge in [0, 0.05) is 5.56 Å². The molecule has 88 valence electrons. The highest BCUT2D eigenvalue weighted by Crippen LogP contribution is 2.30. The van der Waals surface area contributed by atoms with E-state index in [1.165, 1.54) is 5.56 Å². The molecule has 1 aromatic rings. The van der Waals surface area contributed by atoms with E-state index >= 15 is 0 Å². The monoisotopic (exact) mass is 236 g/mol. The molecule has 2 heteroatoms. The Bertz CT molecular complexity index is 373. The summed E-state index contributed by atoms with van der Waals surface area (Å²) >= 11 is 0. The average molecular weight is 236 g/mol. The van der Waals surface area contributed by atoms with Crippen LogP contribution in [0.3, 0.4) is 0 Å². The molecule has 0 aromatic heterocycles. The molecule has 0 aliphatic heterocycles. The van der Waals surface area contributed by atoms with E-state index in [9.17, 15) is 4.79 Å². The molecule has 0 N–H and O–H groups in total. The van der Waals surface area contributed by atoms with Crippen molar-refractivity contribution in [3.63, 3.8) is 0 Å². The molecule has 0 radical (unpaired) electrons. The van der Waals surface area contributed by atoms with Crippen molar-refractivity contribution in [1.82, 2.24) is 0 Å². The number of carbonyl (C=O) groups excluding carboxylic acids is 1. The van der Waals surface area contributed by atoms with E-state index in [4.69, 9.17) is 0 Å². The Morgan fingerprint density at radius 1 is 1.25 bits per heavy atom. The lowest BCUT2D eigenvalue weighted by molar-refractivity contribution is 0.108. The van der Waals surface area contributed by atoms with Gasteiger partial charge in [0.1, 0.15) is 0 Å². The van der Waals surface area contributed by atoms with E-state index in [0.29, 0.717) is 19.8 Å². The van der Waals surface area contributed by atoms with Crippen LogP contribution >= 0.6 is 8.58 Å². The number of hydrogen-bond acceptors (Lipinski definition) is 1. The highest BCUT2D eigenvalue weighted by Gasteiger charge is 2.14. The van der Waals surface area contributed by atoms with Crippen LogP contribution in [-0.4, -0.2) is 11.2 Å². The molecule has 0 heterocycles. The van der Waals surface area contributed by atoms with Crippen molar-refractivity contribution in [1.29, 1.82) is 0 Å². The highest BCUT2D eigenvalue weighted by molar-refractivity contribution is 7.59. The summed E-state index contributed by atoms with van der Waals surface area (Å²) in [6.07, 6.45) is 1.08. The molecule has 0 aliphatic carbocycles. The first-order chi connectivity index (χ1) is 7.45. The minimum atomic E-state index is 0.323. The first kappa shape index (κ1) is 13.4. The van der Waals surface area contributed by atoms with E-state index in [1.54, 1.807) is 0 Å². The van der Waals surface area contributed by atoms with Crippen molar-refractivity contribution in [2.24, 2.45) is 0 Å². The zero-order valence-corrected chi connectivity index (χ0v) is 11.8.